The Morgan fingerprint density at radius 1 is 0.536 bits per heavy atom. The second kappa shape index (κ2) is 14.1. The second-order valence-corrected chi connectivity index (χ2v) is 18.1. The molecule has 56 heavy (non-hydrogen) atoms. The van der Waals surface area contributed by atoms with Gasteiger partial charge in [-0.25, -0.2) is 4.85 Å². The molecule has 2 heterocycles. The Labute approximate surface area is 329 Å². The van der Waals surface area contributed by atoms with Crippen LogP contribution in [0.2, 0.25) is 0 Å². The molecule has 9 rings (SSSR count). The molecule has 0 atom stereocenters. The SMILES string of the molecule is [C-]#[N+]C1=CC(c2ccc(N3c4ccc(-c5ccccc5)cc4C(C)(C)c4cc(-c5ccccc5)ccc43)cc2)=CC(C#N)=P1(c1ccccc1)c1ccccc1. The van der Waals surface area contributed by atoms with Gasteiger partial charge in [0.15, 0.2) is 5.44 Å². The number of benzene rings is 7. The predicted molar refractivity (Wildman–Crippen MR) is 236 cm³/mol. The molecule has 0 aromatic heterocycles. The van der Waals surface area contributed by atoms with Crippen LogP contribution in [0.1, 0.15) is 30.5 Å². The van der Waals surface area contributed by atoms with Gasteiger partial charge in [-0.1, -0.05) is 159 Å². The van der Waals surface area contributed by atoms with Crippen LogP contribution in [0.4, 0.5) is 17.1 Å². The fraction of sp³-hybridized carbons (Fsp3) is 0.0577. The minimum absolute atomic E-state index is 0.277. The summed E-state index contributed by atoms with van der Waals surface area (Å²) in [7, 11) is 0. The lowest BCUT2D eigenvalue weighted by Gasteiger charge is -2.42. The molecule has 0 N–H and O–H groups in total. The van der Waals surface area contributed by atoms with Crippen LogP contribution in [0.5, 0.6) is 0 Å². The second-order valence-electron chi connectivity index (χ2n) is 14.8. The molecule has 3 nitrogen and oxygen atoms in total. The monoisotopic (exact) mass is 735 g/mol. The summed E-state index contributed by atoms with van der Waals surface area (Å²) in [5, 5.41) is 13.5. The number of allylic oxidation sites excluding steroid dienone is 3. The van der Waals surface area contributed by atoms with E-state index in [4.69, 9.17) is 6.57 Å². The van der Waals surface area contributed by atoms with Gasteiger partial charge in [0.1, 0.15) is 0 Å². The van der Waals surface area contributed by atoms with Crippen LogP contribution in [-0.4, -0.2) is 5.29 Å². The summed E-state index contributed by atoms with van der Waals surface area (Å²) in [6.07, 6.45) is 4.03. The number of rotatable bonds is 6. The van der Waals surface area contributed by atoms with Crippen LogP contribution < -0.4 is 15.5 Å². The normalized spacial score (nSPS) is 15.0. The molecule has 0 spiro atoms. The maximum atomic E-state index is 10.8. The van der Waals surface area contributed by atoms with E-state index in [1.165, 1.54) is 33.4 Å². The zero-order valence-electron chi connectivity index (χ0n) is 31.3. The molecule has 0 bridgehead atoms. The van der Waals surface area contributed by atoms with Gasteiger partial charge in [-0.15, -0.1) is 0 Å². The van der Waals surface area contributed by atoms with Crippen LogP contribution in [-0.2, 0) is 5.41 Å². The van der Waals surface area contributed by atoms with Crippen molar-refractivity contribution >= 4 is 45.4 Å². The van der Waals surface area contributed by atoms with Crippen molar-refractivity contribution in [1.82, 2.24) is 0 Å². The first kappa shape index (κ1) is 34.8. The van der Waals surface area contributed by atoms with Gasteiger partial charge in [0.2, 0.25) is 0 Å². The van der Waals surface area contributed by atoms with Gasteiger partial charge in [0.05, 0.1) is 29.3 Å². The Kier molecular flexibility index (Phi) is 8.75. The van der Waals surface area contributed by atoms with Crippen LogP contribution in [0, 0.1) is 17.9 Å². The van der Waals surface area contributed by atoms with Gasteiger partial charge >= 0.3 is 0 Å². The standard InChI is InChI=1S/C52H38N3P/c1-52(2)47-33-40(37-16-8-4-9-17-37)26-30-49(47)55(50-31-27-41(34-48(50)52)38-18-10-5-11-19-38)43-28-24-39(25-29-43)42-32-46(36-53)56(51(35-42)54-3,44-20-12-6-13-21-44)45-22-14-7-15-23-45/h4-35H,1-2H3. The van der Waals surface area contributed by atoms with E-state index in [0.29, 0.717) is 10.7 Å². The molecule has 2 aliphatic rings. The third kappa shape index (κ3) is 5.65. The zero-order valence-corrected chi connectivity index (χ0v) is 32.2. The first-order valence-electron chi connectivity index (χ1n) is 18.8. The third-order valence-electron chi connectivity index (χ3n) is 11.3. The van der Waals surface area contributed by atoms with Crippen LogP contribution in [0.25, 0.3) is 32.7 Å². The highest BCUT2D eigenvalue weighted by molar-refractivity contribution is 7.93. The maximum absolute atomic E-state index is 10.8. The summed E-state index contributed by atoms with van der Waals surface area (Å²) < 4.78 is 0. The van der Waals surface area contributed by atoms with Crippen molar-refractivity contribution in [3.05, 3.63) is 228 Å². The molecular formula is C52H38N3P. The van der Waals surface area contributed by atoms with Gasteiger partial charge in [0.25, 0.3) is 0 Å². The van der Waals surface area contributed by atoms with E-state index in [9.17, 15) is 5.26 Å². The zero-order chi connectivity index (χ0) is 38.3. The Morgan fingerprint density at radius 2 is 0.982 bits per heavy atom. The lowest BCUT2D eigenvalue weighted by Crippen LogP contribution is -2.30. The van der Waals surface area contributed by atoms with E-state index >= 15 is 0 Å². The van der Waals surface area contributed by atoms with Gasteiger partial charge in [-0.05, 0) is 104 Å². The largest absolute Gasteiger partial charge is 0.310 e. The number of anilines is 3. The van der Waals surface area contributed by atoms with E-state index in [-0.39, 0.29) is 5.41 Å². The number of nitriles is 1. The Bertz CT molecular complexity index is 2680. The molecule has 0 radical (unpaired) electrons. The summed E-state index contributed by atoms with van der Waals surface area (Å²) >= 11 is 0. The molecule has 0 saturated heterocycles. The van der Waals surface area contributed by atoms with E-state index < -0.39 is 6.89 Å². The first-order chi connectivity index (χ1) is 27.4. The van der Waals surface area contributed by atoms with Crippen molar-refractivity contribution in [2.24, 2.45) is 0 Å². The molecule has 7 aromatic rings. The molecule has 4 heteroatoms. The van der Waals surface area contributed by atoms with E-state index in [1.807, 2.05) is 48.6 Å². The summed E-state index contributed by atoms with van der Waals surface area (Å²) in [4.78, 5) is 6.56. The maximum Gasteiger partial charge on any atom is 0.196 e. The third-order valence-corrected chi connectivity index (χ3v) is 15.3. The molecule has 0 amide bonds. The molecule has 266 valence electrons. The Balaban J connectivity index is 1.19. The highest BCUT2D eigenvalue weighted by atomic mass is 31.2. The minimum atomic E-state index is -2.67. The fourth-order valence-electron chi connectivity index (χ4n) is 8.46. The van der Waals surface area contributed by atoms with Gasteiger partial charge in [-0.2, -0.15) is 5.26 Å². The Hall–Kier alpha value is -6.90. The first-order valence-corrected chi connectivity index (χ1v) is 20.6. The molecule has 0 aliphatic carbocycles. The molecule has 0 saturated carbocycles. The summed E-state index contributed by atoms with van der Waals surface area (Å²) in [6.45, 7) is 10.5. The fourth-order valence-corrected chi connectivity index (χ4v) is 12.3. The average Bonchev–Trinajstić information content (AvgIpc) is 3.27. The van der Waals surface area contributed by atoms with Crippen LogP contribution >= 0.6 is 6.89 Å². The quantitative estimate of drug-likeness (QED) is 0.126. The van der Waals surface area contributed by atoms with Crippen LogP contribution in [0.3, 0.4) is 0 Å². The molecule has 0 fully saturated rings. The summed E-state index contributed by atoms with van der Waals surface area (Å²) in [6, 6.07) is 66.2. The van der Waals surface area contributed by atoms with Gasteiger partial charge in [-0.3, -0.25) is 0 Å². The average molecular weight is 736 g/mol. The highest BCUT2D eigenvalue weighted by Crippen LogP contribution is 2.59. The topological polar surface area (TPSA) is 31.4 Å². The Morgan fingerprint density at radius 3 is 1.43 bits per heavy atom. The van der Waals surface area contributed by atoms with Crippen molar-refractivity contribution in [3.8, 4) is 28.3 Å². The van der Waals surface area contributed by atoms with Crippen molar-refractivity contribution in [3.63, 3.8) is 0 Å². The van der Waals surface area contributed by atoms with E-state index in [0.717, 1.165) is 38.8 Å². The number of hydrogen-bond acceptors (Lipinski definition) is 2. The lowest BCUT2D eigenvalue weighted by molar-refractivity contribution is 0.632. The van der Waals surface area contributed by atoms with Crippen LogP contribution in [0.15, 0.2) is 200 Å². The van der Waals surface area contributed by atoms with Crippen molar-refractivity contribution in [2.45, 2.75) is 19.3 Å². The molecular weight excluding hydrogens is 698 g/mol. The number of fused-ring (bicyclic) bond motifs is 2. The van der Waals surface area contributed by atoms with Crippen molar-refractivity contribution in [1.29, 1.82) is 5.26 Å². The van der Waals surface area contributed by atoms with E-state index in [1.54, 1.807) is 0 Å². The predicted octanol–water partition coefficient (Wildman–Crippen LogP) is 12.7. The number of hydrogen-bond donors (Lipinski definition) is 0. The van der Waals surface area contributed by atoms with Gasteiger partial charge < -0.3 is 4.90 Å². The molecule has 0 unspecified atom stereocenters. The lowest BCUT2D eigenvalue weighted by atomic mass is 9.72. The molecule has 2 aliphatic heterocycles. The minimum Gasteiger partial charge on any atom is -0.310 e. The van der Waals surface area contributed by atoms with E-state index in [2.05, 4.69) is 175 Å². The smallest absolute Gasteiger partial charge is 0.196 e. The highest BCUT2D eigenvalue weighted by Gasteiger charge is 2.38. The summed E-state index contributed by atoms with van der Waals surface area (Å²) in [5.41, 5.74) is 12.8. The van der Waals surface area contributed by atoms with Gasteiger partial charge in [0, 0.05) is 18.0 Å². The number of nitrogens with zero attached hydrogens (tertiary/aromatic N) is 3. The van der Waals surface area contributed by atoms with Crippen molar-refractivity contribution < 1.29 is 0 Å². The molecule has 7 aromatic carbocycles. The van der Waals surface area contributed by atoms with Crippen molar-refractivity contribution in [2.75, 3.05) is 4.90 Å². The summed E-state index contributed by atoms with van der Waals surface area (Å²) in [5.74, 6) is 0.